The average molecular weight is 392 g/mol. The summed E-state index contributed by atoms with van der Waals surface area (Å²) in [5.74, 6) is 0.383. The lowest BCUT2D eigenvalue weighted by Gasteiger charge is -2.12. The van der Waals surface area contributed by atoms with Crippen molar-refractivity contribution in [2.24, 2.45) is 0 Å². The van der Waals surface area contributed by atoms with Crippen molar-refractivity contribution in [1.82, 2.24) is 14.8 Å². The molecular formula is C21H20N4O2S. The highest BCUT2D eigenvalue weighted by molar-refractivity contribution is 7.92. The Balaban J connectivity index is 1.77. The van der Waals surface area contributed by atoms with E-state index in [2.05, 4.69) is 14.8 Å². The Bertz CT molecular complexity index is 1240. The second kappa shape index (κ2) is 7.09. The van der Waals surface area contributed by atoms with Gasteiger partial charge in [-0.05, 0) is 55.3 Å². The fraction of sp³-hybridized carbons (Fsp3) is 0.143. The molecule has 0 aliphatic rings. The zero-order valence-corrected chi connectivity index (χ0v) is 16.4. The standard InChI is InChI=1S/C21H20N4O2S/c1-3-16-9-11-17(12-10-16)28(26,27)24-21-14-15(2)23-25(21)20-8-4-7-19-18(20)6-5-13-22-19/h4-14,24H,3H2,1-2H3. The highest BCUT2D eigenvalue weighted by Crippen LogP contribution is 2.26. The zero-order chi connectivity index (χ0) is 19.7. The van der Waals surface area contributed by atoms with Crippen LogP contribution in [0.1, 0.15) is 18.2 Å². The summed E-state index contributed by atoms with van der Waals surface area (Å²) in [6.07, 6.45) is 2.58. The molecule has 0 aliphatic heterocycles. The number of anilines is 1. The van der Waals surface area contributed by atoms with Crippen LogP contribution in [-0.2, 0) is 16.4 Å². The summed E-state index contributed by atoms with van der Waals surface area (Å²) in [6.45, 7) is 3.86. The summed E-state index contributed by atoms with van der Waals surface area (Å²) < 4.78 is 30.1. The average Bonchev–Trinajstić information content (AvgIpc) is 3.06. The van der Waals surface area contributed by atoms with Gasteiger partial charge in [0.05, 0.1) is 21.8 Å². The highest BCUT2D eigenvalue weighted by Gasteiger charge is 2.19. The number of aryl methyl sites for hydroxylation is 2. The molecule has 0 saturated heterocycles. The molecule has 6 nitrogen and oxygen atoms in total. The molecule has 0 bridgehead atoms. The smallest absolute Gasteiger partial charge is 0.263 e. The Morgan fingerprint density at radius 2 is 1.82 bits per heavy atom. The van der Waals surface area contributed by atoms with Crippen molar-refractivity contribution in [3.8, 4) is 5.69 Å². The van der Waals surface area contributed by atoms with Crippen molar-refractivity contribution >= 4 is 26.7 Å². The first-order chi connectivity index (χ1) is 13.5. The Morgan fingerprint density at radius 1 is 1.04 bits per heavy atom. The third-order valence-corrected chi connectivity index (χ3v) is 5.93. The van der Waals surface area contributed by atoms with Gasteiger partial charge in [0, 0.05) is 17.6 Å². The first-order valence-electron chi connectivity index (χ1n) is 9.00. The number of sulfonamides is 1. The maximum absolute atomic E-state index is 12.9. The minimum atomic E-state index is -3.74. The van der Waals surface area contributed by atoms with E-state index in [9.17, 15) is 8.42 Å². The first-order valence-corrected chi connectivity index (χ1v) is 10.5. The molecule has 0 unspecified atom stereocenters. The van der Waals surface area contributed by atoms with Crippen molar-refractivity contribution in [2.45, 2.75) is 25.2 Å². The topological polar surface area (TPSA) is 76.9 Å². The van der Waals surface area contributed by atoms with Crippen molar-refractivity contribution in [3.63, 3.8) is 0 Å². The first kappa shape index (κ1) is 18.2. The number of fused-ring (bicyclic) bond motifs is 1. The SMILES string of the molecule is CCc1ccc(S(=O)(=O)Nc2cc(C)nn2-c2cccc3ncccc23)cc1. The Hall–Kier alpha value is -3.19. The van der Waals surface area contributed by atoms with E-state index >= 15 is 0 Å². The van der Waals surface area contributed by atoms with E-state index < -0.39 is 10.0 Å². The predicted octanol–water partition coefficient (Wildman–Crippen LogP) is 4.09. The molecule has 2 aromatic carbocycles. The second-order valence-corrected chi connectivity index (χ2v) is 8.22. The molecule has 142 valence electrons. The summed E-state index contributed by atoms with van der Waals surface area (Å²) in [4.78, 5) is 4.58. The van der Waals surface area contributed by atoms with Gasteiger partial charge in [0.15, 0.2) is 0 Å². The van der Waals surface area contributed by atoms with Crippen LogP contribution in [0.3, 0.4) is 0 Å². The van der Waals surface area contributed by atoms with Crippen LogP contribution >= 0.6 is 0 Å². The van der Waals surface area contributed by atoms with Gasteiger partial charge in [-0.15, -0.1) is 0 Å². The van der Waals surface area contributed by atoms with Crippen LogP contribution in [0.25, 0.3) is 16.6 Å². The van der Waals surface area contributed by atoms with E-state index in [1.165, 1.54) is 0 Å². The van der Waals surface area contributed by atoms with Crippen LogP contribution in [0, 0.1) is 6.92 Å². The van der Waals surface area contributed by atoms with Crippen LogP contribution in [0.5, 0.6) is 0 Å². The molecular weight excluding hydrogens is 372 g/mol. The third-order valence-electron chi connectivity index (χ3n) is 4.56. The van der Waals surface area contributed by atoms with Gasteiger partial charge in [-0.3, -0.25) is 9.71 Å². The molecule has 2 heterocycles. The van der Waals surface area contributed by atoms with Gasteiger partial charge < -0.3 is 0 Å². The maximum atomic E-state index is 12.9. The van der Waals surface area contributed by atoms with Gasteiger partial charge in [-0.2, -0.15) is 5.10 Å². The fourth-order valence-corrected chi connectivity index (χ4v) is 4.16. The van der Waals surface area contributed by atoms with Gasteiger partial charge in [0.2, 0.25) is 0 Å². The van der Waals surface area contributed by atoms with Crippen molar-refractivity contribution in [1.29, 1.82) is 0 Å². The molecule has 0 aliphatic carbocycles. The Kier molecular flexibility index (Phi) is 4.60. The minimum Gasteiger partial charge on any atom is -0.263 e. The second-order valence-electron chi connectivity index (χ2n) is 6.53. The Morgan fingerprint density at radius 3 is 2.57 bits per heavy atom. The number of nitrogens with one attached hydrogen (secondary N) is 1. The number of hydrogen-bond donors (Lipinski definition) is 1. The Labute approximate surface area is 163 Å². The number of aromatic nitrogens is 3. The van der Waals surface area contributed by atoms with E-state index in [0.29, 0.717) is 11.5 Å². The number of benzene rings is 2. The van der Waals surface area contributed by atoms with Crippen LogP contribution in [0.4, 0.5) is 5.82 Å². The summed E-state index contributed by atoms with van der Waals surface area (Å²) in [7, 11) is -3.74. The molecule has 28 heavy (non-hydrogen) atoms. The molecule has 0 atom stereocenters. The largest absolute Gasteiger partial charge is 0.263 e. The number of hydrogen-bond acceptors (Lipinski definition) is 4. The lowest BCUT2D eigenvalue weighted by atomic mass is 10.2. The van der Waals surface area contributed by atoms with Crippen molar-refractivity contribution < 1.29 is 8.42 Å². The van der Waals surface area contributed by atoms with Crippen LogP contribution < -0.4 is 4.72 Å². The molecule has 1 N–H and O–H groups in total. The van der Waals surface area contributed by atoms with E-state index in [4.69, 9.17) is 0 Å². The van der Waals surface area contributed by atoms with Crippen LogP contribution in [0.2, 0.25) is 0 Å². The van der Waals surface area contributed by atoms with Crippen molar-refractivity contribution in [3.05, 3.63) is 78.1 Å². The van der Waals surface area contributed by atoms with Crippen LogP contribution in [-0.4, -0.2) is 23.2 Å². The normalized spacial score (nSPS) is 11.6. The van der Waals surface area contributed by atoms with E-state index in [-0.39, 0.29) is 4.90 Å². The minimum absolute atomic E-state index is 0.217. The van der Waals surface area contributed by atoms with E-state index in [0.717, 1.165) is 28.6 Å². The molecule has 7 heteroatoms. The molecule has 4 aromatic rings. The lowest BCUT2D eigenvalue weighted by molar-refractivity contribution is 0.600. The zero-order valence-electron chi connectivity index (χ0n) is 15.6. The lowest BCUT2D eigenvalue weighted by Crippen LogP contribution is -2.16. The van der Waals surface area contributed by atoms with E-state index in [1.807, 2.05) is 56.3 Å². The molecule has 0 spiro atoms. The van der Waals surface area contributed by atoms with Gasteiger partial charge >= 0.3 is 0 Å². The summed E-state index contributed by atoms with van der Waals surface area (Å²) >= 11 is 0. The third kappa shape index (κ3) is 3.36. The number of nitrogens with zero attached hydrogens (tertiary/aromatic N) is 3. The quantitative estimate of drug-likeness (QED) is 0.555. The predicted molar refractivity (Wildman–Crippen MR) is 110 cm³/mol. The summed E-state index contributed by atoms with van der Waals surface area (Å²) in [5, 5.41) is 5.39. The van der Waals surface area contributed by atoms with Gasteiger partial charge in [-0.25, -0.2) is 13.1 Å². The molecule has 4 rings (SSSR count). The maximum Gasteiger partial charge on any atom is 0.263 e. The van der Waals surface area contributed by atoms with Crippen LogP contribution in [0.15, 0.2) is 71.8 Å². The molecule has 0 radical (unpaired) electrons. The van der Waals surface area contributed by atoms with E-state index in [1.54, 1.807) is 29.1 Å². The highest BCUT2D eigenvalue weighted by atomic mass is 32.2. The van der Waals surface area contributed by atoms with Gasteiger partial charge in [-0.1, -0.05) is 25.1 Å². The number of rotatable bonds is 5. The summed E-state index contributed by atoms with van der Waals surface area (Å²) in [6, 6.07) is 18.1. The summed E-state index contributed by atoms with van der Waals surface area (Å²) in [5.41, 5.74) is 3.37. The molecule has 0 fully saturated rings. The molecule has 2 aromatic heterocycles. The molecule has 0 amide bonds. The van der Waals surface area contributed by atoms with Gasteiger partial charge in [0.1, 0.15) is 5.82 Å². The fourth-order valence-electron chi connectivity index (χ4n) is 3.13. The van der Waals surface area contributed by atoms with Gasteiger partial charge in [0.25, 0.3) is 10.0 Å². The number of pyridine rings is 1. The van der Waals surface area contributed by atoms with Crippen molar-refractivity contribution in [2.75, 3.05) is 4.72 Å². The molecule has 0 saturated carbocycles. The monoisotopic (exact) mass is 392 g/mol.